The summed E-state index contributed by atoms with van der Waals surface area (Å²) >= 11 is 6.43. The van der Waals surface area contributed by atoms with Crippen molar-refractivity contribution in [2.75, 3.05) is 0 Å². The smallest absolute Gasteiger partial charge is 0.282 e. The van der Waals surface area contributed by atoms with Crippen molar-refractivity contribution >= 4 is 22.5 Å². The van der Waals surface area contributed by atoms with Crippen LogP contribution < -0.4 is 5.56 Å². The number of benzene rings is 2. The van der Waals surface area contributed by atoms with Gasteiger partial charge >= 0.3 is 0 Å². The van der Waals surface area contributed by atoms with Crippen molar-refractivity contribution in [2.24, 2.45) is 0 Å². The number of aliphatic hydroxyl groups is 1. The van der Waals surface area contributed by atoms with Gasteiger partial charge in [-0.3, -0.25) is 9.36 Å². The second-order valence-electron chi connectivity index (χ2n) is 9.63. The Bertz CT molecular complexity index is 1230. The molecule has 1 N–H and O–H groups in total. The van der Waals surface area contributed by atoms with Gasteiger partial charge in [0.15, 0.2) is 0 Å². The van der Waals surface area contributed by atoms with Gasteiger partial charge in [0, 0.05) is 0 Å². The van der Waals surface area contributed by atoms with Crippen molar-refractivity contribution in [3.05, 3.63) is 68.7 Å². The number of nitrogens with zero attached hydrogens (tertiary/aromatic N) is 2. The molecular formula is C26H27ClN2O2. The minimum atomic E-state index is -0.217. The Kier molecular flexibility index (Phi) is 4.52. The van der Waals surface area contributed by atoms with E-state index in [4.69, 9.17) is 11.6 Å². The summed E-state index contributed by atoms with van der Waals surface area (Å²) in [4.78, 5) is 17.7. The van der Waals surface area contributed by atoms with E-state index in [0.717, 1.165) is 68.4 Å². The lowest BCUT2D eigenvalue weighted by molar-refractivity contribution is 0.122. The minimum Gasteiger partial charge on any atom is -0.393 e. The molecule has 3 aliphatic rings. The first-order valence-electron chi connectivity index (χ1n) is 11.6. The average Bonchev–Trinajstić information content (AvgIpc) is 3.04. The summed E-state index contributed by atoms with van der Waals surface area (Å²) < 4.78 is 2.21. The summed E-state index contributed by atoms with van der Waals surface area (Å²) in [6.45, 7) is 0. The second kappa shape index (κ2) is 7.18. The summed E-state index contributed by atoms with van der Waals surface area (Å²) in [5.74, 6) is 1.40. The van der Waals surface area contributed by atoms with E-state index < -0.39 is 0 Å². The molecule has 1 spiro atoms. The highest BCUT2D eigenvalue weighted by Crippen LogP contribution is 2.52. The third-order valence-corrected chi connectivity index (χ3v) is 8.26. The van der Waals surface area contributed by atoms with E-state index in [1.165, 1.54) is 17.5 Å². The van der Waals surface area contributed by atoms with Gasteiger partial charge in [-0.2, -0.15) is 4.98 Å². The van der Waals surface area contributed by atoms with E-state index in [0.29, 0.717) is 16.3 Å². The van der Waals surface area contributed by atoms with Crippen molar-refractivity contribution in [2.45, 2.75) is 75.2 Å². The van der Waals surface area contributed by atoms with Crippen LogP contribution in [-0.2, 0) is 5.41 Å². The number of halogens is 1. The molecule has 2 heterocycles. The lowest BCUT2D eigenvalue weighted by Crippen LogP contribution is -2.32. The standard InChI is InChI=1S/C26H27ClN2O2/c27-20-5-4-6-22-23(20)24(31)28-25-26(13-2-1-3-14-26)19-15-17(9-12-21(19)29(22)25)16-7-10-18(30)11-8-16/h4-6,9,12,15-16,18,30H,1-3,7-8,10-11,13-14H2. The molecule has 5 heteroatoms. The van der Waals surface area contributed by atoms with Crippen molar-refractivity contribution in [1.29, 1.82) is 0 Å². The maximum absolute atomic E-state index is 13.0. The zero-order valence-electron chi connectivity index (χ0n) is 17.6. The molecule has 0 atom stereocenters. The molecule has 3 aromatic rings. The van der Waals surface area contributed by atoms with Gasteiger partial charge < -0.3 is 5.11 Å². The Labute approximate surface area is 186 Å². The second-order valence-corrected chi connectivity index (χ2v) is 10.0. The van der Waals surface area contributed by atoms with Crippen LogP contribution in [0.5, 0.6) is 0 Å². The third kappa shape index (κ3) is 2.84. The summed E-state index contributed by atoms with van der Waals surface area (Å²) in [5, 5.41) is 10.9. The van der Waals surface area contributed by atoms with Gasteiger partial charge in [0.2, 0.25) is 0 Å². The maximum Gasteiger partial charge on any atom is 0.282 e. The molecule has 2 aliphatic carbocycles. The summed E-state index contributed by atoms with van der Waals surface area (Å²) in [6.07, 6.45) is 9.30. The fourth-order valence-electron chi connectivity index (χ4n) is 6.36. The van der Waals surface area contributed by atoms with E-state index in [-0.39, 0.29) is 17.1 Å². The highest BCUT2D eigenvalue weighted by Gasteiger charge is 2.46. The first kappa shape index (κ1) is 19.5. The van der Waals surface area contributed by atoms with Gasteiger partial charge in [0.1, 0.15) is 5.82 Å². The van der Waals surface area contributed by atoms with Crippen molar-refractivity contribution in [3.8, 4) is 5.69 Å². The molecule has 4 nitrogen and oxygen atoms in total. The van der Waals surface area contributed by atoms with Crippen LogP contribution in [0, 0.1) is 0 Å². The zero-order chi connectivity index (χ0) is 21.2. The van der Waals surface area contributed by atoms with Crippen LogP contribution in [0.3, 0.4) is 0 Å². The van der Waals surface area contributed by atoms with Gasteiger partial charge in [0.25, 0.3) is 5.56 Å². The predicted molar refractivity (Wildman–Crippen MR) is 123 cm³/mol. The first-order valence-corrected chi connectivity index (χ1v) is 12.0. The fraction of sp³-hybridized carbons (Fsp3) is 0.462. The number of rotatable bonds is 1. The van der Waals surface area contributed by atoms with Crippen molar-refractivity contribution in [1.82, 2.24) is 9.55 Å². The van der Waals surface area contributed by atoms with Crippen LogP contribution >= 0.6 is 11.6 Å². The molecule has 6 rings (SSSR count). The third-order valence-electron chi connectivity index (χ3n) is 7.95. The molecule has 0 amide bonds. The van der Waals surface area contributed by atoms with E-state index in [1.54, 1.807) is 6.07 Å². The van der Waals surface area contributed by atoms with Gasteiger partial charge in [-0.1, -0.05) is 49.1 Å². The molecule has 1 aliphatic heterocycles. The maximum atomic E-state index is 13.0. The van der Waals surface area contributed by atoms with Gasteiger partial charge in [0.05, 0.1) is 33.1 Å². The fourth-order valence-corrected chi connectivity index (χ4v) is 6.61. The van der Waals surface area contributed by atoms with Gasteiger partial charge in [-0.05, 0) is 73.8 Å². The Balaban J connectivity index is 1.60. The monoisotopic (exact) mass is 434 g/mol. The Morgan fingerprint density at radius 3 is 2.58 bits per heavy atom. The van der Waals surface area contributed by atoms with Crippen LogP contribution in [0.2, 0.25) is 5.02 Å². The molecule has 0 unspecified atom stereocenters. The number of aromatic nitrogens is 2. The SMILES string of the molecule is O=c1nc2n(c3cccc(Cl)c13)-c1ccc(C3CCC(O)CC3)cc1C21CCCCC1. The highest BCUT2D eigenvalue weighted by atomic mass is 35.5. The van der Waals surface area contributed by atoms with E-state index >= 15 is 0 Å². The molecular weight excluding hydrogens is 408 g/mol. The van der Waals surface area contributed by atoms with Crippen LogP contribution in [-0.4, -0.2) is 20.8 Å². The van der Waals surface area contributed by atoms with E-state index in [9.17, 15) is 9.90 Å². The van der Waals surface area contributed by atoms with Crippen molar-refractivity contribution in [3.63, 3.8) is 0 Å². The summed E-state index contributed by atoms with van der Waals surface area (Å²) in [5.41, 5.74) is 4.30. The molecule has 0 saturated heterocycles. The topological polar surface area (TPSA) is 55.1 Å². The normalized spacial score (nSPS) is 24.3. The number of hydrogen-bond acceptors (Lipinski definition) is 3. The largest absolute Gasteiger partial charge is 0.393 e. The van der Waals surface area contributed by atoms with Crippen molar-refractivity contribution < 1.29 is 5.11 Å². The van der Waals surface area contributed by atoms with E-state index in [2.05, 4.69) is 27.8 Å². The quantitative estimate of drug-likeness (QED) is 0.540. The first-order chi connectivity index (χ1) is 15.1. The molecule has 31 heavy (non-hydrogen) atoms. The van der Waals surface area contributed by atoms with E-state index in [1.807, 2.05) is 12.1 Å². The molecule has 1 aromatic heterocycles. The molecule has 0 radical (unpaired) electrons. The van der Waals surface area contributed by atoms with Crippen LogP contribution in [0.15, 0.2) is 41.2 Å². The molecule has 2 aromatic carbocycles. The Morgan fingerprint density at radius 1 is 1.03 bits per heavy atom. The number of fused-ring (bicyclic) bond motifs is 7. The molecule has 160 valence electrons. The van der Waals surface area contributed by atoms with Crippen LogP contribution in [0.1, 0.15) is 80.7 Å². The Hall–Kier alpha value is -2.17. The van der Waals surface area contributed by atoms with Gasteiger partial charge in [-0.15, -0.1) is 0 Å². The molecule has 2 saturated carbocycles. The lowest BCUT2D eigenvalue weighted by Gasteiger charge is -2.34. The van der Waals surface area contributed by atoms with Gasteiger partial charge in [-0.25, -0.2) is 0 Å². The summed E-state index contributed by atoms with van der Waals surface area (Å²) in [7, 11) is 0. The predicted octanol–water partition coefficient (Wildman–Crippen LogP) is 5.62. The highest BCUT2D eigenvalue weighted by molar-refractivity contribution is 6.35. The summed E-state index contributed by atoms with van der Waals surface area (Å²) in [6, 6.07) is 12.6. The Morgan fingerprint density at radius 2 is 1.81 bits per heavy atom. The number of hydrogen-bond donors (Lipinski definition) is 1. The minimum absolute atomic E-state index is 0.147. The lowest BCUT2D eigenvalue weighted by atomic mass is 9.69. The zero-order valence-corrected chi connectivity index (χ0v) is 18.4. The average molecular weight is 435 g/mol. The van der Waals surface area contributed by atoms with Crippen LogP contribution in [0.4, 0.5) is 0 Å². The molecule has 0 bridgehead atoms. The van der Waals surface area contributed by atoms with Crippen LogP contribution in [0.25, 0.3) is 16.6 Å². The molecule has 2 fully saturated rings. The number of aliphatic hydroxyl groups excluding tert-OH is 1.